The van der Waals surface area contributed by atoms with E-state index in [-0.39, 0.29) is 6.10 Å². The number of benzene rings is 2. The molecule has 0 N–H and O–H groups in total. The zero-order valence-electron chi connectivity index (χ0n) is 17.3. The third-order valence-corrected chi connectivity index (χ3v) is 6.39. The summed E-state index contributed by atoms with van der Waals surface area (Å²) in [4.78, 5) is 5.05. The largest absolute Gasteiger partial charge is 0.494 e. The maximum atomic E-state index is 6.10. The Balaban J connectivity index is 1.26. The summed E-state index contributed by atoms with van der Waals surface area (Å²) < 4.78 is 13.0. The van der Waals surface area contributed by atoms with E-state index in [1.54, 1.807) is 0 Å². The lowest BCUT2D eigenvalue weighted by molar-refractivity contribution is 0.0289. The quantitative estimate of drug-likeness (QED) is 0.578. The number of fused-ring (bicyclic) bond motifs is 1. The second-order valence-corrected chi connectivity index (χ2v) is 8.83. The molecule has 156 valence electrons. The summed E-state index contributed by atoms with van der Waals surface area (Å²) in [7, 11) is 0. The average Bonchev–Trinajstić information content (AvgIpc) is 2.76. The number of hydrogen-bond acceptors (Lipinski definition) is 4. The summed E-state index contributed by atoms with van der Waals surface area (Å²) in [5.41, 5.74) is 4.11. The van der Waals surface area contributed by atoms with Crippen molar-refractivity contribution in [3.8, 4) is 5.75 Å². The van der Waals surface area contributed by atoms with Crippen molar-refractivity contribution in [3.63, 3.8) is 0 Å². The van der Waals surface area contributed by atoms with Crippen molar-refractivity contribution in [3.05, 3.63) is 58.1 Å². The fourth-order valence-electron chi connectivity index (χ4n) is 4.25. The molecule has 0 radical (unpaired) electrons. The topological polar surface area (TPSA) is 24.9 Å². The van der Waals surface area contributed by atoms with Crippen molar-refractivity contribution < 1.29 is 9.47 Å². The van der Waals surface area contributed by atoms with Crippen LogP contribution in [0.15, 0.2) is 46.9 Å². The highest BCUT2D eigenvalue weighted by molar-refractivity contribution is 9.10. The van der Waals surface area contributed by atoms with Gasteiger partial charge in [-0.15, -0.1) is 0 Å². The highest BCUT2D eigenvalue weighted by Gasteiger charge is 2.23. The van der Waals surface area contributed by atoms with Crippen molar-refractivity contribution in [1.82, 2.24) is 4.90 Å². The molecule has 2 heterocycles. The molecule has 2 aliphatic heterocycles. The Morgan fingerprint density at radius 3 is 2.62 bits per heavy atom. The summed E-state index contributed by atoms with van der Waals surface area (Å²) in [6, 6.07) is 15.2. The number of nitrogens with zero attached hydrogens (tertiary/aromatic N) is 2. The second-order valence-electron chi connectivity index (χ2n) is 7.91. The highest BCUT2D eigenvalue weighted by Crippen LogP contribution is 2.32. The number of ether oxygens (including phenoxy) is 2. The molecule has 1 atom stereocenters. The molecule has 4 rings (SSSR count). The third kappa shape index (κ3) is 5.33. The molecule has 0 amide bonds. The van der Waals surface area contributed by atoms with Crippen LogP contribution >= 0.6 is 15.9 Å². The van der Waals surface area contributed by atoms with Crippen LogP contribution in [-0.2, 0) is 11.2 Å². The number of halogens is 1. The van der Waals surface area contributed by atoms with Crippen molar-refractivity contribution >= 4 is 21.6 Å². The first-order valence-electron chi connectivity index (χ1n) is 10.8. The smallest absolute Gasteiger partial charge is 0.119 e. The zero-order valence-corrected chi connectivity index (χ0v) is 18.9. The van der Waals surface area contributed by atoms with Crippen LogP contribution in [0.3, 0.4) is 0 Å². The van der Waals surface area contributed by atoms with E-state index >= 15 is 0 Å². The van der Waals surface area contributed by atoms with E-state index in [0.717, 1.165) is 75.4 Å². The Kier molecular flexibility index (Phi) is 7.11. The maximum Gasteiger partial charge on any atom is 0.119 e. The van der Waals surface area contributed by atoms with Gasteiger partial charge < -0.3 is 14.4 Å². The van der Waals surface area contributed by atoms with E-state index in [1.165, 1.54) is 16.8 Å². The van der Waals surface area contributed by atoms with Gasteiger partial charge in [-0.2, -0.15) is 0 Å². The van der Waals surface area contributed by atoms with Gasteiger partial charge in [-0.3, -0.25) is 4.90 Å². The van der Waals surface area contributed by atoms with Crippen LogP contribution in [0.25, 0.3) is 0 Å². The summed E-state index contributed by atoms with van der Waals surface area (Å²) in [5.74, 6) is 0.967. The minimum atomic E-state index is 0.237. The van der Waals surface area contributed by atoms with Gasteiger partial charge in [0.2, 0.25) is 0 Å². The van der Waals surface area contributed by atoms with Crippen LogP contribution in [0.4, 0.5) is 5.69 Å². The van der Waals surface area contributed by atoms with Gasteiger partial charge >= 0.3 is 0 Å². The van der Waals surface area contributed by atoms with Crippen molar-refractivity contribution in [2.24, 2.45) is 0 Å². The third-order valence-electron chi connectivity index (χ3n) is 5.90. The molecule has 1 fully saturated rings. The molecule has 0 spiro atoms. The predicted molar refractivity (Wildman–Crippen MR) is 122 cm³/mol. The molecule has 1 saturated heterocycles. The van der Waals surface area contributed by atoms with Crippen LogP contribution in [0.2, 0.25) is 0 Å². The van der Waals surface area contributed by atoms with E-state index < -0.39 is 0 Å². The first-order chi connectivity index (χ1) is 14.2. The Bertz CT molecular complexity index is 788. The molecule has 0 aliphatic carbocycles. The predicted octanol–water partition coefficient (Wildman–Crippen LogP) is 5.06. The summed E-state index contributed by atoms with van der Waals surface area (Å²) >= 11 is 3.59. The first-order valence-corrected chi connectivity index (χ1v) is 11.6. The van der Waals surface area contributed by atoms with Gasteiger partial charge in [-0.25, -0.2) is 0 Å². The molecule has 2 aliphatic rings. The molecule has 0 aromatic heterocycles. The van der Waals surface area contributed by atoms with Gasteiger partial charge in [-0.05, 0) is 66.8 Å². The van der Waals surface area contributed by atoms with Crippen LogP contribution in [0.5, 0.6) is 5.75 Å². The molecule has 5 heteroatoms. The molecular formula is C24H31BrN2O2. The van der Waals surface area contributed by atoms with Crippen molar-refractivity contribution in [2.45, 2.75) is 32.3 Å². The lowest BCUT2D eigenvalue weighted by Crippen LogP contribution is -2.46. The first kappa shape index (κ1) is 20.7. The van der Waals surface area contributed by atoms with Gasteiger partial charge in [0.25, 0.3) is 0 Å². The van der Waals surface area contributed by atoms with Gasteiger partial charge in [-0.1, -0.05) is 28.9 Å². The molecule has 1 unspecified atom stereocenters. The van der Waals surface area contributed by atoms with Crippen molar-refractivity contribution in [1.29, 1.82) is 0 Å². The van der Waals surface area contributed by atoms with Gasteiger partial charge in [0.1, 0.15) is 5.75 Å². The Morgan fingerprint density at radius 1 is 1.07 bits per heavy atom. The van der Waals surface area contributed by atoms with E-state index in [4.69, 9.17) is 9.47 Å². The summed E-state index contributed by atoms with van der Waals surface area (Å²) in [6.45, 7) is 9.20. The lowest BCUT2D eigenvalue weighted by Gasteiger charge is -2.37. The fraction of sp³-hybridized carbons (Fsp3) is 0.500. The Labute approximate surface area is 182 Å². The summed E-state index contributed by atoms with van der Waals surface area (Å²) in [6.07, 6.45) is 3.36. The van der Waals surface area contributed by atoms with E-state index in [9.17, 15) is 0 Å². The summed E-state index contributed by atoms with van der Waals surface area (Å²) in [5, 5.41) is 0. The SMILES string of the molecule is CCCOc1ccc(N2CCN(CCC3OCCc4cc(Br)ccc43)CC2)cc1. The molecule has 4 nitrogen and oxygen atoms in total. The van der Waals surface area contributed by atoms with Gasteiger partial charge in [0, 0.05) is 42.9 Å². The molecule has 0 saturated carbocycles. The van der Waals surface area contributed by atoms with Gasteiger partial charge in [0.15, 0.2) is 0 Å². The van der Waals surface area contributed by atoms with Crippen LogP contribution in [0, 0.1) is 0 Å². The number of piperazine rings is 1. The molecule has 0 bridgehead atoms. The lowest BCUT2D eigenvalue weighted by atomic mass is 9.95. The standard InChI is InChI=1S/C24H31BrN2O2/c1-2-16-28-22-6-4-21(5-7-22)27-14-12-26(13-15-27)11-9-24-23-8-3-20(25)18-19(23)10-17-29-24/h3-8,18,24H,2,9-17H2,1H3. The fourth-order valence-corrected chi connectivity index (χ4v) is 4.66. The van der Waals surface area contributed by atoms with Gasteiger partial charge in [0.05, 0.1) is 19.3 Å². The van der Waals surface area contributed by atoms with Crippen LogP contribution in [-0.4, -0.2) is 50.8 Å². The minimum Gasteiger partial charge on any atom is -0.494 e. The second kappa shape index (κ2) is 9.96. The Hall–Kier alpha value is -1.56. The number of hydrogen-bond donors (Lipinski definition) is 0. The molecule has 2 aromatic carbocycles. The monoisotopic (exact) mass is 458 g/mol. The Morgan fingerprint density at radius 2 is 1.86 bits per heavy atom. The van der Waals surface area contributed by atoms with E-state index in [1.807, 2.05) is 0 Å². The maximum absolute atomic E-state index is 6.10. The molecule has 29 heavy (non-hydrogen) atoms. The number of anilines is 1. The minimum absolute atomic E-state index is 0.237. The molecular weight excluding hydrogens is 428 g/mol. The molecule has 2 aromatic rings. The number of rotatable bonds is 7. The van der Waals surface area contributed by atoms with Crippen LogP contribution in [0.1, 0.15) is 37.0 Å². The van der Waals surface area contributed by atoms with Crippen LogP contribution < -0.4 is 9.64 Å². The average molecular weight is 459 g/mol. The normalized spacial score (nSPS) is 19.8. The highest BCUT2D eigenvalue weighted by atomic mass is 79.9. The zero-order chi connectivity index (χ0) is 20.1. The van der Waals surface area contributed by atoms with E-state index in [2.05, 4.69) is 75.1 Å². The van der Waals surface area contributed by atoms with E-state index in [0.29, 0.717) is 0 Å². The van der Waals surface area contributed by atoms with Crippen molar-refractivity contribution in [2.75, 3.05) is 50.8 Å².